The topological polar surface area (TPSA) is 75.2 Å². The highest BCUT2D eigenvalue weighted by Crippen LogP contribution is 2.22. The van der Waals surface area contributed by atoms with E-state index in [2.05, 4.69) is 14.7 Å². The van der Waals surface area contributed by atoms with E-state index in [4.69, 9.17) is 0 Å². The van der Waals surface area contributed by atoms with Crippen LogP contribution in [0, 0.1) is 17.6 Å². The van der Waals surface area contributed by atoms with Gasteiger partial charge in [-0.2, -0.15) is 0 Å². The van der Waals surface area contributed by atoms with Crippen molar-refractivity contribution >= 4 is 16.0 Å². The molecule has 134 valence electrons. The second-order valence-electron chi connectivity index (χ2n) is 5.88. The Kier molecular flexibility index (Phi) is 5.24. The Hall–Kier alpha value is -2.13. The second kappa shape index (κ2) is 7.40. The van der Waals surface area contributed by atoms with Gasteiger partial charge < -0.3 is 4.90 Å². The first-order valence-electron chi connectivity index (χ1n) is 7.93. The van der Waals surface area contributed by atoms with Crippen molar-refractivity contribution in [1.29, 1.82) is 0 Å². The average molecular weight is 368 g/mol. The maximum atomic E-state index is 13.7. The van der Waals surface area contributed by atoms with Crippen LogP contribution >= 0.6 is 0 Å². The highest BCUT2D eigenvalue weighted by molar-refractivity contribution is 7.89. The minimum atomic E-state index is -4.22. The van der Waals surface area contributed by atoms with Crippen LogP contribution in [0.15, 0.2) is 41.6 Å². The Bertz CT molecular complexity index is 805. The van der Waals surface area contributed by atoms with Gasteiger partial charge in [0.2, 0.25) is 16.0 Å². The summed E-state index contributed by atoms with van der Waals surface area (Å²) in [4.78, 5) is 9.49. The van der Waals surface area contributed by atoms with E-state index in [1.54, 1.807) is 18.5 Å². The first-order valence-corrected chi connectivity index (χ1v) is 9.41. The molecule has 1 aromatic heterocycles. The molecule has 2 aromatic rings. The average Bonchev–Trinajstić information content (AvgIpc) is 2.61. The van der Waals surface area contributed by atoms with Gasteiger partial charge in [0.1, 0.15) is 11.6 Å². The number of anilines is 1. The predicted molar refractivity (Wildman–Crippen MR) is 88.5 cm³/mol. The van der Waals surface area contributed by atoms with E-state index < -0.39 is 26.6 Å². The molecule has 0 saturated carbocycles. The summed E-state index contributed by atoms with van der Waals surface area (Å²) in [7, 11) is -4.22. The van der Waals surface area contributed by atoms with Crippen LogP contribution in [0.25, 0.3) is 0 Å². The van der Waals surface area contributed by atoms with Crippen LogP contribution < -0.4 is 9.62 Å². The van der Waals surface area contributed by atoms with Crippen molar-refractivity contribution in [3.8, 4) is 0 Å². The molecule has 0 atom stereocenters. The fourth-order valence-electron chi connectivity index (χ4n) is 2.83. The number of rotatable bonds is 5. The van der Waals surface area contributed by atoms with Gasteiger partial charge in [-0.3, -0.25) is 0 Å². The lowest BCUT2D eigenvalue weighted by molar-refractivity contribution is 0.398. The molecule has 25 heavy (non-hydrogen) atoms. The van der Waals surface area contributed by atoms with Crippen molar-refractivity contribution < 1.29 is 17.2 Å². The normalized spacial score (nSPS) is 16.2. The number of aromatic nitrogens is 2. The van der Waals surface area contributed by atoms with Crippen molar-refractivity contribution in [2.75, 3.05) is 24.5 Å². The molecule has 0 aliphatic carbocycles. The third-order valence-electron chi connectivity index (χ3n) is 4.20. The Morgan fingerprint density at radius 3 is 2.28 bits per heavy atom. The highest BCUT2D eigenvalue weighted by Gasteiger charge is 2.26. The van der Waals surface area contributed by atoms with Crippen LogP contribution in [0.5, 0.6) is 0 Å². The van der Waals surface area contributed by atoms with Crippen LogP contribution in [0.1, 0.15) is 12.8 Å². The fraction of sp³-hybridized carbons (Fsp3) is 0.375. The minimum absolute atomic E-state index is 0.0876. The number of sulfonamides is 1. The third kappa shape index (κ3) is 4.10. The van der Waals surface area contributed by atoms with Gasteiger partial charge in [-0.1, -0.05) is 6.07 Å². The molecule has 1 aromatic carbocycles. The Labute approximate surface area is 145 Å². The molecule has 1 N–H and O–H groups in total. The first kappa shape index (κ1) is 17.7. The van der Waals surface area contributed by atoms with Gasteiger partial charge in [0.25, 0.3) is 0 Å². The standard InChI is InChI=1S/C16H18F2N4O2S/c17-13-3-1-4-14(18)15(13)25(23,24)21-11-12-5-9-22(10-6-12)16-19-7-2-8-20-16/h1-4,7-8,12,21H,5-6,9-11H2. The lowest BCUT2D eigenvalue weighted by Gasteiger charge is -2.31. The van der Waals surface area contributed by atoms with E-state index in [0.717, 1.165) is 31.0 Å². The number of hydrogen-bond donors (Lipinski definition) is 1. The molecule has 3 rings (SSSR count). The van der Waals surface area contributed by atoms with Gasteiger partial charge in [-0.15, -0.1) is 0 Å². The van der Waals surface area contributed by atoms with Gasteiger partial charge in [0.05, 0.1) is 0 Å². The summed E-state index contributed by atoms with van der Waals surface area (Å²) in [5, 5.41) is 0. The Balaban J connectivity index is 1.58. The number of halogens is 2. The zero-order valence-electron chi connectivity index (χ0n) is 13.4. The molecule has 6 nitrogen and oxygen atoms in total. The third-order valence-corrected chi connectivity index (χ3v) is 5.67. The monoisotopic (exact) mass is 368 g/mol. The SMILES string of the molecule is O=S(=O)(NCC1CCN(c2ncccn2)CC1)c1c(F)cccc1F. The van der Waals surface area contributed by atoms with E-state index >= 15 is 0 Å². The summed E-state index contributed by atoms with van der Waals surface area (Å²) in [6.07, 6.45) is 4.82. The molecule has 0 spiro atoms. The van der Waals surface area contributed by atoms with E-state index in [1.807, 2.05) is 4.90 Å². The van der Waals surface area contributed by atoms with Gasteiger partial charge in [0, 0.05) is 32.0 Å². The van der Waals surface area contributed by atoms with Crippen molar-refractivity contribution in [1.82, 2.24) is 14.7 Å². The molecule has 0 bridgehead atoms. The van der Waals surface area contributed by atoms with Crippen molar-refractivity contribution in [3.63, 3.8) is 0 Å². The molecule has 0 radical (unpaired) electrons. The van der Waals surface area contributed by atoms with Crippen LogP contribution in [-0.4, -0.2) is 38.0 Å². The largest absolute Gasteiger partial charge is 0.341 e. The summed E-state index contributed by atoms with van der Waals surface area (Å²) < 4.78 is 54.0. The summed E-state index contributed by atoms with van der Waals surface area (Å²) >= 11 is 0. The number of benzene rings is 1. The Morgan fingerprint density at radius 1 is 1.08 bits per heavy atom. The quantitative estimate of drug-likeness (QED) is 0.873. The van der Waals surface area contributed by atoms with Gasteiger partial charge >= 0.3 is 0 Å². The maximum Gasteiger partial charge on any atom is 0.246 e. The lowest BCUT2D eigenvalue weighted by Crippen LogP contribution is -2.39. The van der Waals surface area contributed by atoms with Crippen LogP contribution in [0.2, 0.25) is 0 Å². The van der Waals surface area contributed by atoms with Crippen LogP contribution in [0.3, 0.4) is 0 Å². The first-order chi connectivity index (χ1) is 12.0. The van der Waals surface area contributed by atoms with Gasteiger partial charge in [0.15, 0.2) is 4.90 Å². The summed E-state index contributed by atoms with van der Waals surface area (Å²) in [6, 6.07) is 4.73. The second-order valence-corrected chi connectivity index (χ2v) is 7.59. The summed E-state index contributed by atoms with van der Waals surface area (Å²) in [6.45, 7) is 1.54. The zero-order chi connectivity index (χ0) is 17.9. The Morgan fingerprint density at radius 2 is 1.68 bits per heavy atom. The summed E-state index contributed by atoms with van der Waals surface area (Å²) in [5.74, 6) is -1.45. The molecule has 2 heterocycles. The highest BCUT2D eigenvalue weighted by atomic mass is 32.2. The summed E-state index contributed by atoms with van der Waals surface area (Å²) in [5.41, 5.74) is 0. The number of nitrogens with zero attached hydrogens (tertiary/aromatic N) is 3. The number of piperidine rings is 1. The van der Waals surface area contributed by atoms with E-state index in [-0.39, 0.29) is 12.5 Å². The fourth-order valence-corrected chi connectivity index (χ4v) is 4.08. The van der Waals surface area contributed by atoms with Crippen LogP contribution in [-0.2, 0) is 10.0 Å². The van der Waals surface area contributed by atoms with Crippen molar-refractivity contribution in [2.45, 2.75) is 17.7 Å². The van der Waals surface area contributed by atoms with E-state index in [0.29, 0.717) is 19.0 Å². The smallest absolute Gasteiger partial charge is 0.246 e. The lowest BCUT2D eigenvalue weighted by atomic mass is 9.97. The van der Waals surface area contributed by atoms with Gasteiger partial charge in [-0.25, -0.2) is 31.9 Å². The van der Waals surface area contributed by atoms with Crippen LogP contribution in [0.4, 0.5) is 14.7 Å². The number of hydrogen-bond acceptors (Lipinski definition) is 5. The molecule has 9 heteroatoms. The molecule has 1 saturated heterocycles. The molecule has 1 aliphatic heterocycles. The minimum Gasteiger partial charge on any atom is -0.341 e. The zero-order valence-corrected chi connectivity index (χ0v) is 14.2. The molecule has 0 unspecified atom stereocenters. The molecular formula is C16H18F2N4O2S. The van der Waals surface area contributed by atoms with Gasteiger partial charge in [-0.05, 0) is 37.0 Å². The molecular weight excluding hydrogens is 350 g/mol. The predicted octanol–water partition coefficient (Wildman–Crippen LogP) is 1.95. The molecule has 1 fully saturated rings. The van der Waals surface area contributed by atoms with Crippen molar-refractivity contribution in [2.24, 2.45) is 5.92 Å². The molecule has 1 aliphatic rings. The van der Waals surface area contributed by atoms with E-state index in [9.17, 15) is 17.2 Å². The molecule has 0 amide bonds. The van der Waals surface area contributed by atoms with Crippen molar-refractivity contribution in [3.05, 3.63) is 48.3 Å². The van der Waals surface area contributed by atoms with E-state index in [1.165, 1.54) is 0 Å². The number of nitrogens with one attached hydrogen (secondary N) is 1. The maximum absolute atomic E-state index is 13.7.